The minimum atomic E-state index is -0.900. The van der Waals surface area contributed by atoms with Gasteiger partial charge in [0, 0.05) is 19.6 Å². The summed E-state index contributed by atoms with van der Waals surface area (Å²) in [5.41, 5.74) is 2.11. The first-order chi connectivity index (χ1) is 10.1. The summed E-state index contributed by atoms with van der Waals surface area (Å²) < 4.78 is 7.40. The topological polar surface area (TPSA) is 64.4 Å². The van der Waals surface area contributed by atoms with Crippen molar-refractivity contribution in [3.63, 3.8) is 0 Å². The molecule has 1 N–H and O–H groups in total. The lowest BCUT2D eigenvalue weighted by Crippen LogP contribution is -2.14. The number of ether oxygens (including phenoxy) is 1. The van der Waals surface area contributed by atoms with E-state index >= 15 is 0 Å². The van der Waals surface area contributed by atoms with Gasteiger partial charge in [-0.3, -0.25) is 0 Å². The van der Waals surface area contributed by atoms with Crippen molar-refractivity contribution in [1.82, 2.24) is 9.55 Å². The molecule has 1 fully saturated rings. The van der Waals surface area contributed by atoms with Crippen LogP contribution in [0.3, 0.4) is 0 Å². The molecule has 5 heteroatoms. The minimum Gasteiger partial charge on any atom is -0.478 e. The standard InChI is InChI=1S/C16H20N2O3/c1-10(9-21-2)8-18-14-7-12(16(19)20)5-6-13(14)17-15(18)11-3-4-11/h5-7,10-11H,3-4,8-9H2,1-2H3,(H,19,20). The molecule has 1 aliphatic carbocycles. The molecule has 1 aliphatic rings. The van der Waals surface area contributed by atoms with Gasteiger partial charge in [0.25, 0.3) is 0 Å². The highest BCUT2D eigenvalue weighted by Gasteiger charge is 2.30. The van der Waals surface area contributed by atoms with E-state index in [4.69, 9.17) is 9.72 Å². The molecule has 0 amide bonds. The molecule has 1 unspecified atom stereocenters. The third-order valence-corrected chi connectivity index (χ3v) is 3.91. The molecule has 1 saturated carbocycles. The number of hydrogen-bond acceptors (Lipinski definition) is 3. The van der Waals surface area contributed by atoms with Crippen LogP contribution < -0.4 is 0 Å². The molecule has 0 saturated heterocycles. The number of fused-ring (bicyclic) bond motifs is 1. The Morgan fingerprint density at radius 1 is 1.52 bits per heavy atom. The van der Waals surface area contributed by atoms with Crippen LogP contribution in [0.5, 0.6) is 0 Å². The van der Waals surface area contributed by atoms with Crippen molar-refractivity contribution in [2.75, 3.05) is 13.7 Å². The average Bonchev–Trinajstić information content (AvgIpc) is 3.23. The van der Waals surface area contributed by atoms with Crippen LogP contribution in [0.2, 0.25) is 0 Å². The first kappa shape index (κ1) is 14.1. The molecule has 1 aromatic heterocycles. The fourth-order valence-corrected chi connectivity index (χ4v) is 2.77. The lowest BCUT2D eigenvalue weighted by atomic mass is 10.1. The van der Waals surface area contributed by atoms with Crippen LogP contribution >= 0.6 is 0 Å². The summed E-state index contributed by atoms with van der Waals surface area (Å²) >= 11 is 0. The van der Waals surface area contributed by atoms with Gasteiger partial charge in [-0.2, -0.15) is 0 Å². The Balaban J connectivity index is 2.05. The predicted molar refractivity (Wildman–Crippen MR) is 79.7 cm³/mol. The van der Waals surface area contributed by atoms with Crippen LogP contribution in [0.25, 0.3) is 11.0 Å². The second-order valence-electron chi connectivity index (χ2n) is 5.92. The highest BCUT2D eigenvalue weighted by molar-refractivity contribution is 5.92. The van der Waals surface area contributed by atoms with Crippen LogP contribution in [-0.4, -0.2) is 34.3 Å². The Labute approximate surface area is 123 Å². The summed E-state index contributed by atoms with van der Waals surface area (Å²) in [7, 11) is 1.70. The highest BCUT2D eigenvalue weighted by Crippen LogP contribution is 2.41. The van der Waals surface area contributed by atoms with E-state index in [0.29, 0.717) is 24.0 Å². The second kappa shape index (κ2) is 5.48. The molecule has 3 rings (SSSR count). The molecule has 21 heavy (non-hydrogen) atoms. The fourth-order valence-electron chi connectivity index (χ4n) is 2.77. The van der Waals surface area contributed by atoms with Gasteiger partial charge in [0.1, 0.15) is 5.82 Å². The smallest absolute Gasteiger partial charge is 0.335 e. The number of aromatic nitrogens is 2. The number of carboxylic acid groups (broad SMARTS) is 1. The molecule has 2 aromatic rings. The fraction of sp³-hybridized carbons (Fsp3) is 0.500. The van der Waals surface area contributed by atoms with E-state index in [1.165, 1.54) is 12.8 Å². The largest absolute Gasteiger partial charge is 0.478 e. The van der Waals surface area contributed by atoms with Crippen molar-refractivity contribution in [1.29, 1.82) is 0 Å². The minimum absolute atomic E-state index is 0.311. The van der Waals surface area contributed by atoms with Crippen molar-refractivity contribution in [2.45, 2.75) is 32.2 Å². The highest BCUT2D eigenvalue weighted by atomic mass is 16.5. The third kappa shape index (κ3) is 2.78. The summed E-state index contributed by atoms with van der Waals surface area (Å²) in [5.74, 6) is 1.08. The van der Waals surface area contributed by atoms with Crippen molar-refractivity contribution < 1.29 is 14.6 Å². The van der Waals surface area contributed by atoms with Crippen molar-refractivity contribution in [3.8, 4) is 0 Å². The number of imidazole rings is 1. The number of carboxylic acids is 1. The lowest BCUT2D eigenvalue weighted by Gasteiger charge is -2.14. The Morgan fingerprint density at radius 3 is 2.90 bits per heavy atom. The van der Waals surface area contributed by atoms with E-state index < -0.39 is 5.97 Å². The normalized spacial score (nSPS) is 16.3. The van der Waals surface area contributed by atoms with Gasteiger partial charge in [0.15, 0.2) is 0 Å². The van der Waals surface area contributed by atoms with E-state index in [1.54, 1.807) is 19.2 Å². The van der Waals surface area contributed by atoms with Gasteiger partial charge in [0.2, 0.25) is 0 Å². The van der Waals surface area contributed by atoms with Crippen LogP contribution in [0.15, 0.2) is 18.2 Å². The van der Waals surface area contributed by atoms with E-state index in [2.05, 4.69) is 11.5 Å². The van der Waals surface area contributed by atoms with Gasteiger partial charge >= 0.3 is 5.97 Å². The number of methoxy groups -OCH3 is 1. The molecular weight excluding hydrogens is 268 g/mol. The number of benzene rings is 1. The maximum absolute atomic E-state index is 11.2. The van der Waals surface area contributed by atoms with Crippen LogP contribution in [-0.2, 0) is 11.3 Å². The van der Waals surface area contributed by atoms with E-state index in [0.717, 1.165) is 23.4 Å². The van der Waals surface area contributed by atoms with Crippen LogP contribution in [0.4, 0.5) is 0 Å². The summed E-state index contributed by atoms with van der Waals surface area (Å²) in [5, 5.41) is 9.18. The van der Waals surface area contributed by atoms with E-state index in [-0.39, 0.29) is 0 Å². The Kier molecular flexibility index (Phi) is 3.68. The molecule has 0 spiro atoms. The molecule has 112 valence electrons. The van der Waals surface area contributed by atoms with Crippen molar-refractivity contribution in [2.24, 2.45) is 5.92 Å². The predicted octanol–water partition coefficient (Wildman–Crippen LogP) is 2.89. The quantitative estimate of drug-likeness (QED) is 0.887. The maximum Gasteiger partial charge on any atom is 0.335 e. The third-order valence-electron chi connectivity index (χ3n) is 3.91. The molecule has 0 aliphatic heterocycles. The van der Waals surface area contributed by atoms with Crippen molar-refractivity contribution in [3.05, 3.63) is 29.6 Å². The average molecular weight is 288 g/mol. The second-order valence-corrected chi connectivity index (χ2v) is 5.92. The van der Waals surface area contributed by atoms with E-state index in [9.17, 15) is 9.90 Å². The Hall–Kier alpha value is -1.88. The number of rotatable bonds is 6. The lowest BCUT2D eigenvalue weighted by molar-refractivity contribution is 0.0697. The molecule has 1 aromatic carbocycles. The zero-order valence-electron chi connectivity index (χ0n) is 12.4. The van der Waals surface area contributed by atoms with Gasteiger partial charge in [-0.1, -0.05) is 6.92 Å². The number of hydrogen-bond donors (Lipinski definition) is 1. The number of carbonyl (C=O) groups is 1. The van der Waals surface area contributed by atoms with Crippen LogP contribution in [0.1, 0.15) is 41.9 Å². The van der Waals surface area contributed by atoms with Gasteiger partial charge in [-0.25, -0.2) is 9.78 Å². The Morgan fingerprint density at radius 2 is 2.29 bits per heavy atom. The summed E-state index contributed by atoms with van der Waals surface area (Å²) in [6.45, 7) is 3.62. The molecule has 0 radical (unpaired) electrons. The molecule has 0 bridgehead atoms. The van der Waals surface area contributed by atoms with Gasteiger partial charge < -0.3 is 14.4 Å². The summed E-state index contributed by atoms with van der Waals surface area (Å²) in [6, 6.07) is 5.16. The van der Waals surface area contributed by atoms with Crippen molar-refractivity contribution >= 4 is 17.0 Å². The summed E-state index contributed by atoms with van der Waals surface area (Å²) in [4.78, 5) is 15.9. The SMILES string of the molecule is COCC(C)Cn1c(C2CC2)nc2ccc(C(=O)O)cc21. The van der Waals surface area contributed by atoms with E-state index in [1.807, 2.05) is 6.07 Å². The zero-order chi connectivity index (χ0) is 15.0. The first-order valence-corrected chi connectivity index (χ1v) is 7.32. The molecule has 1 atom stereocenters. The summed E-state index contributed by atoms with van der Waals surface area (Å²) in [6.07, 6.45) is 2.35. The maximum atomic E-state index is 11.2. The van der Waals surface area contributed by atoms with Gasteiger partial charge in [0.05, 0.1) is 23.2 Å². The van der Waals surface area contributed by atoms with Crippen LogP contribution in [0, 0.1) is 5.92 Å². The number of aromatic carboxylic acids is 1. The Bertz CT molecular complexity index is 673. The van der Waals surface area contributed by atoms with Gasteiger partial charge in [-0.15, -0.1) is 0 Å². The first-order valence-electron chi connectivity index (χ1n) is 7.32. The number of nitrogens with zero attached hydrogens (tertiary/aromatic N) is 2. The molecule has 5 nitrogen and oxygen atoms in total. The molecule has 1 heterocycles. The monoisotopic (exact) mass is 288 g/mol. The zero-order valence-corrected chi connectivity index (χ0v) is 12.4. The van der Waals surface area contributed by atoms with Gasteiger partial charge in [-0.05, 0) is 37.0 Å². The molecular formula is C16H20N2O3.